The van der Waals surface area contributed by atoms with Crippen LogP contribution in [0, 0.1) is 0 Å². The van der Waals surface area contributed by atoms with Crippen molar-refractivity contribution in [1.29, 1.82) is 0 Å². The summed E-state index contributed by atoms with van der Waals surface area (Å²) in [5.41, 5.74) is 1.05. The van der Waals surface area contributed by atoms with E-state index in [9.17, 15) is 4.79 Å². The first-order chi connectivity index (χ1) is 13.0. The molecule has 1 fully saturated rings. The Labute approximate surface area is 184 Å². The van der Waals surface area contributed by atoms with Crippen LogP contribution in [0.25, 0.3) is 0 Å². The molecule has 0 radical (unpaired) electrons. The number of likely N-dealkylation sites (N-methyl/N-ethyl adjacent to an activating group) is 1. The number of nitrogens with one attached hydrogen (secondary N) is 2. The standard InChI is InChI=1S/C21H30N4O2.HI/c1-4-13-22-20(23-15-19(26)25(2)3)24-17-14-21(11-7-8-12-21)27-18-10-6-5-9-16(17)18;/h4-6,9-10,17H,1,7-8,11-15H2,2-3H3,(H2,22,23,24);1H. The van der Waals surface area contributed by atoms with Crippen molar-refractivity contribution in [3.8, 4) is 5.75 Å². The molecule has 1 heterocycles. The summed E-state index contributed by atoms with van der Waals surface area (Å²) in [4.78, 5) is 18.0. The maximum atomic E-state index is 11.9. The van der Waals surface area contributed by atoms with E-state index in [0.717, 1.165) is 30.6 Å². The normalized spacial score (nSPS) is 19.8. The number of rotatable bonds is 5. The highest BCUT2D eigenvalue weighted by molar-refractivity contribution is 14.0. The Balaban J connectivity index is 0.00000280. The number of carbonyl (C=O) groups is 1. The summed E-state index contributed by atoms with van der Waals surface area (Å²) < 4.78 is 6.43. The van der Waals surface area contributed by atoms with E-state index in [1.165, 1.54) is 12.8 Å². The van der Waals surface area contributed by atoms with Crippen LogP contribution in [0.5, 0.6) is 5.75 Å². The number of aliphatic imine (C=N–C) groups is 1. The predicted molar refractivity (Wildman–Crippen MR) is 123 cm³/mol. The number of carbonyl (C=O) groups excluding carboxylic acids is 1. The van der Waals surface area contributed by atoms with E-state index in [2.05, 4.69) is 28.3 Å². The lowest BCUT2D eigenvalue weighted by Crippen LogP contribution is -2.47. The van der Waals surface area contributed by atoms with Crippen LogP contribution >= 0.6 is 24.0 Å². The van der Waals surface area contributed by atoms with Crippen LogP contribution < -0.4 is 15.4 Å². The molecular weight excluding hydrogens is 467 g/mol. The Kier molecular flexibility index (Phi) is 8.15. The Bertz CT molecular complexity index is 714. The second-order valence-electron chi connectivity index (χ2n) is 7.55. The topological polar surface area (TPSA) is 66.0 Å². The molecule has 3 rings (SSSR count). The fraction of sp³-hybridized carbons (Fsp3) is 0.524. The van der Waals surface area contributed by atoms with E-state index in [0.29, 0.717) is 12.5 Å². The number of guanidine groups is 1. The summed E-state index contributed by atoms with van der Waals surface area (Å²) in [6, 6.07) is 8.30. The maximum absolute atomic E-state index is 11.9. The van der Waals surface area contributed by atoms with Crippen LogP contribution in [0.4, 0.5) is 0 Å². The fourth-order valence-corrected chi connectivity index (χ4v) is 3.85. The van der Waals surface area contributed by atoms with E-state index in [4.69, 9.17) is 4.74 Å². The minimum absolute atomic E-state index is 0. The van der Waals surface area contributed by atoms with Gasteiger partial charge in [-0.3, -0.25) is 4.79 Å². The second kappa shape index (κ2) is 10.1. The number of halogens is 1. The molecule has 1 saturated carbocycles. The van der Waals surface area contributed by atoms with E-state index < -0.39 is 0 Å². The van der Waals surface area contributed by atoms with Crippen molar-refractivity contribution < 1.29 is 9.53 Å². The van der Waals surface area contributed by atoms with Crippen molar-refractivity contribution in [2.75, 3.05) is 27.2 Å². The van der Waals surface area contributed by atoms with Crippen LogP contribution in [0.3, 0.4) is 0 Å². The van der Waals surface area contributed by atoms with Crippen LogP contribution in [0.2, 0.25) is 0 Å². The average Bonchev–Trinajstić information content (AvgIpc) is 3.10. The summed E-state index contributed by atoms with van der Waals surface area (Å²) >= 11 is 0. The second-order valence-corrected chi connectivity index (χ2v) is 7.55. The zero-order valence-electron chi connectivity index (χ0n) is 16.7. The third kappa shape index (κ3) is 5.40. The lowest BCUT2D eigenvalue weighted by atomic mass is 9.86. The number of benzene rings is 1. The van der Waals surface area contributed by atoms with E-state index >= 15 is 0 Å². The third-order valence-electron chi connectivity index (χ3n) is 5.31. The molecule has 154 valence electrons. The Hall–Kier alpha value is -1.77. The van der Waals surface area contributed by atoms with Crippen LogP contribution in [-0.2, 0) is 4.79 Å². The van der Waals surface area contributed by atoms with E-state index in [1.54, 1.807) is 25.1 Å². The minimum atomic E-state index is -0.0883. The number of hydrogen-bond acceptors (Lipinski definition) is 3. The molecule has 1 aromatic carbocycles. The van der Waals surface area contributed by atoms with Crippen LogP contribution in [0.15, 0.2) is 41.9 Å². The van der Waals surface area contributed by atoms with Gasteiger partial charge in [-0.1, -0.05) is 24.3 Å². The summed E-state index contributed by atoms with van der Waals surface area (Å²) in [5.74, 6) is 1.55. The molecule has 0 saturated heterocycles. The van der Waals surface area contributed by atoms with Gasteiger partial charge in [0.2, 0.25) is 5.91 Å². The van der Waals surface area contributed by atoms with Crippen molar-refractivity contribution in [2.24, 2.45) is 4.99 Å². The molecule has 2 N–H and O–H groups in total. The average molecular weight is 498 g/mol. The fourth-order valence-electron chi connectivity index (χ4n) is 3.85. The molecular formula is C21H31IN4O2. The zero-order chi connectivity index (χ0) is 19.3. The van der Waals surface area contributed by atoms with E-state index in [-0.39, 0.29) is 48.1 Å². The number of amides is 1. The summed E-state index contributed by atoms with van der Waals surface area (Å²) in [7, 11) is 3.47. The molecule has 0 aromatic heterocycles. The van der Waals surface area contributed by atoms with Gasteiger partial charge < -0.3 is 20.3 Å². The largest absolute Gasteiger partial charge is 0.487 e. The van der Waals surface area contributed by atoms with Crippen molar-refractivity contribution >= 4 is 35.8 Å². The SMILES string of the molecule is C=CCNC(=NCC(=O)N(C)C)NC1CC2(CCCC2)Oc2ccccc21.I. The van der Waals surface area contributed by atoms with Crippen molar-refractivity contribution in [3.63, 3.8) is 0 Å². The van der Waals surface area contributed by atoms with Gasteiger partial charge in [0.1, 0.15) is 17.9 Å². The Morgan fingerprint density at radius 2 is 2.07 bits per heavy atom. The van der Waals surface area contributed by atoms with Crippen molar-refractivity contribution in [2.45, 2.75) is 43.7 Å². The van der Waals surface area contributed by atoms with Crippen LogP contribution in [0.1, 0.15) is 43.7 Å². The summed E-state index contributed by atoms with van der Waals surface area (Å²) in [5, 5.41) is 6.76. The van der Waals surface area contributed by atoms with E-state index in [1.807, 2.05) is 18.2 Å². The lowest BCUT2D eigenvalue weighted by Gasteiger charge is -2.40. The van der Waals surface area contributed by atoms with Gasteiger partial charge in [0.05, 0.1) is 6.04 Å². The van der Waals surface area contributed by atoms with Gasteiger partial charge in [-0.25, -0.2) is 4.99 Å². The minimum Gasteiger partial charge on any atom is -0.487 e. The lowest BCUT2D eigenvalue weighted by molar-refractivity contribution is -0.127. The van der Waals surface area contributed by atoms with Crippen LogP contribution in [-0.4, -0.2) is 49.6 Å². The molecule has 1 unspecified atom stereocenters. The Morgan fingerprint density at radius 1 is 1.36 bits per heavy atom. The van der Waals surface area contributed by atoms with Gasteiger partial charge in [-0.2, -0.15) is 0 Å². The highest BCUT2D eigenvalue weighted by Gasteiger charge is 2.43. The number of hydrogen-bond donors (Lipinski definition) is 2. The summed E-state index contributed by atoms with van der Waals surface area (Å²) in [6.07, 6.45) is 7.28. The molecule has 7 heteroatoms. The monoisotopic (exact) mass is 498 g/mol. The van der Waals surface area contributed by atoms with Gasteiger partial charge >= 0.3 is 0 Å². The molecule has 1 aromatic rings. The number of para-hydroxylation sites is 1. The highest BCUT2D eigenvalue weighted by atomic mass is 127. The third-order valence-corrected chi connectivity index (χ3v) is 5.31. The van der Waals surface area contributed by atoms with Gasteiger partial charge in [0.25, 0.3) is 0 Å². The first kappa shape index (κ1) is 22.5. The first-order valence-electron chi connectivity index (χ1n) is 9.67. The quantitative estimate of drug-likeness (QED) is 0.283. The predicted octanol–water partition coefficient (Wildman–Crippen LogP) is 3.25. The van der Waals surface area contributed by atoms with Gasteiger partial charge in [0, 0.05) is 32.6 Å². The zero-order valence-corrected chi connectivity index (χ0v) is 19.1. The number of nitrogens with zero attached hydrogens (tertiary/aromatic N) is 2. The van der Waals surface area contributed by atoms with Gasteiger partial charge in [0.15, 0.2) is 5.96 Å². The molecule has 0 bridgehead atoms. The smallest absolute Gasteiger partial charge is 0.243 e. The number of fused-ring (bicyclic) bond motifs is 1. The Morgan fingerprint density at radius 3 is 2.75 bits per heavy atom. The number of ether oxygens (including phenoxy) is 1. The molecule has 6 nitrogen and oxygen atoms in total. The summed E-state index contributed by atoms with van der Waals surface area (Å²) in [6.45, 7) is 4.44. The van der Waals surface area contributed by atoms with Gasteiger partial charge in [-0.05, 0) is 31.7 Å². The maximum Gasteiger partial charge on any atom is 0.243 e. The van der Waals surface area contributed by atoms with Crippen molar-refractivity contribution in [3.05, 3.63) is 42.5 Å². The molecule has 1 spiro atoms. The molecule has 1 aliphatic carbocycles. The molecule has 2 aliphatic rings. The van der Waals surface area contributed by atoms with Crippen molar-refractivity contribution in [1.82, 2.24) is 15.5 Å². The molecule has 1 aliphatic heterocycles. The molecule has 1 amide bonds. The first-order valence-corrected chi connectivity index (χ1v) is 9.67. The molecule has 1 atom stereocenters. The molecule has 28 heavy (non-hydrogen) atoms. The highest BCUT2D eigenvalue weighted by Crippen LogP contribution is 2.46. The van der Waals surface area contributed by atoms with Gasteiger partial charge in [-0.15, -0.1) is 30.6 Å².